The molecule has 0 aliphatic heterocycles. The van der Waals surface area contributed by atoms with E-state index in [9.17, 15) is 4.79 Å². The number of esters is 1. The molecule has 0 fully saturated rings. The average molecular weight is 233 g/mol. The largest absolute Gasteiger partial charge is 0.463 e. The van der Waals surface area contributed by atoms with E-state index in [0.717, 1.165) is 6.54 Å². The molecule has 0 amide bonds. The first-order valence-electron chi connectivity index (χ1n) is 5.82. The van der Waals surface area contributed by atoms with Crippen molar-refractivity contribution in [2.45, 2.75) is 20.4 Å². The third-order valence-corrected chi connectivity index (χ3v) is 2.25. The maximum Gasteiger partial charge on any atom is 0.330 e. The summed E-state index contributed by atoms with van der Waals surface area (Å²) in [6.45, 7) is 5.74. The van der Waals surface area contributed by atoms with E-state index in [2.05, 4.69) is 36.5 Å². The summed E-state index contributed by atoms with van der Waals surface area (Å²) < 4.78 is 4.77. The minimum atomic E-state index is -0.287. The molecule has 0 aliphatic carbocycles. The predicted octanol–water partition coefficient (Wildman–Crippen LogP) is 2.20. The van der Waals surface area contributed by atoms with E-state index in [0.29, 0.717) is 13.2 Å². The Bertz CT molecular complexity index is 368. The summed E-state index contributed by atoms with van der Waals surface area (Å²) in [5, 5.41) is 3.22. The van der Waals surface area contributed by atoms with Crippen LogP contribution in [-0.4, -0.2) is 19.1 Å². The fraction of sp³-hybridized carbons (Fsp3) is 0.357. The van der Waals surface area contributed by atoms with Crippen molar-refractivity contribution in [3.8, 4) is 0 Å². The third-order valence-electron chi connectivity index (χ3n) is 2.25. The molecule has 0 aromatic heterocycles. The Kier molecular flexibility index (Phi) is 6.04. The standard InChI is InChI=1S/C14H19NO2/c1-3-17-14(16)5-4-10-15-11-13-8-6-12(2)7-9-13/h4-9,15H,3,10-11H2,1-2H3/b5-4+. The van der Waals surface area contributed by atoms with Gasteiger partial charge in [0.05, 0.1) is 6.61 Å². The molecule has 3 nitrogen and oxygen atoms in total. The molecule has 0 saturated heterocycles. The maximum absolute atomic E-state index is 11.0. The van der Waals surface area contributed by atoms with Crippen molar-refractivity contribution in [3.05, 3.63) is 47.5 Å². The van der Waals surface area contributed by atoms with Gasteiger partial charge in [0.2, 0.25) is 0 Å². The normalized spacial score (nSPS) is 10.7. The Morgan fingerprint density at radius 3 is 2.71 bits per heavy atom. The molecule has 17 heavy (non-hydrogen) atoms. The summed E-state index contributed by atoms with van der Waals surface area (Å²) in [5.74, 6) is -0.287. The van der Waals surface area contributed by atoms with Crippen molar-refractivity contribution < 1.29 is 9.53 Å². The van der Waals surface area contributed by atoms with Crippen LogP contribution in [0, 0.1) is 6.92 Å². The van der Waals surface area contributed by atoms with Crippen molar-refractivity contribution in [1.29, 1.82) is 0 Å². The highest BCUT2D eigenvalue weighted by molar-refractivity contribution is 5.81. The Hall–Kier alpha value is -1.61. The lowest BCUT2D eigenvalue weighted by molar-refractivity contribution is -0.137. The van der Waals surface area contributed by atoms with E-state index >= 15 is 0 Å². The van der Waals surface area contributed by atoms with Crippen LogP contribution in [0.1, 0.15) is 18.1 Å². The molecule has 1 aromatic carbocycles. The molecule has 0 saturated carbocycles. The van der Waals surface area contributed by atoms with Crippen LogP contribution in [0.15, 0.2) is 36.4 Å². The van der Waals surface area contributed by atoms with Crippen molar-refractivity contribution in [3.63, 3.8) is 0 Å². The Labute approximate surface area is 102 Å². The van der Waals surface area contributed by atoms with Crippen LogP contribution in [-0.2, 0) is 16.1 Å². The highest BCUT2D eigenvalue weighted by Gasteiger charge is 1.93. The number of ether oxygens (including phenoxy) is 1. The van der Waals surface area contributed by atoms with Gasteiger partial charge in [-0.15, -0.1) is 0 Å². The van der Waals surface area contributed by atoms with Gasteiger partial charge in [0.1, 0.15) is 0 Å². The fourth-order valence-corrected chi connectivity index (χ4v) is 1.35. The number of aryl methyl sites for hydroxylation is 1. The summed E-state index contributed by atoms with van der Waals surface area (Å²) in [5.41, 5.74) is 2.50. The molecule has 1 aromatic rings. The zero-order chi connectivity index (χ0) is 12.5. The monoisotopic (exact) mass is 233 g/mol. The van der Waals surface area contributed by atoms with Crippen LogP contribution in [0.25, 0.3) is 0 Å². The van der Waals surface area contributed by atoms with E-state index in [4.69, 9.17) is 4.74 Å². The number of carbonyl (C=O) groups is 1. The van der Waals surface area contributed by atoms with Gasteiger partial charge in [-0.2, -0.15) is 0 Å². The Morgan fingerprint density at radius 2 is 2.06 bits per heavy atom. The highest BCUT2D eigenvalue weighted by atomic mass is 16.5. The molecular weight excluding hydrogens is 214 g/mol. The molecule has 0 radical (unpaired) electrons. The zero-order valence-electron chi connectivity index (χ0n) is 10.4. The summed E-state index contributed by atoms with van der Waals surface area (Å²) in [6.07, 6.45) is 3.22. The van der Waals surface area contributed by atoms with Crippen LogP contribution in [0.3, 0.4) is 0 Å². The Balaban J connectivity index is 2.20. The van der Waals surface area contributed by atoms with Gasteiger partial charge in [0.15, 0.2) is 0 Å². The second-order valence-electron chi connectivity index (χ2n) is 3.77. The second kappa shape index (κ2) is 7.63. The summed E-state index contributed by atoms with van der Waals surface area (Å²) >= 11 is 0. The van der Waals surface area contributed by atoms with Gasteiger partial charge in [0, 0.05) is 19.2 Å². The van der Waals surface area contributed by atoms with Crippen molar-refractivity contribution in [2.24, 2.45) is 0 Å². The van der Waals surface area contributed by atoms with Gasteiger partial charge in [-0.1, -0.05) is 35.9 Å². The van der Waals surface area contributed by atoms with Gasteiger partial charge in [0.25, 0.3) is 0 Å². The lowest BCUT2D eigenvalue weighted by Crippen LogP contribution is -2.13. The minimum absolute atomic E-state index is 0.287. The lowest BCUT2D eigenvalue weighted by Gasteiger charge is -2.02. The fourth-order valence-electron chi connectivity index (χ4n) is 1.35. The topological polar surface area (TPSA) is 38.3 Å². The van der Waals surface area contributed by atoms with Gasteiger partial charge >= 0.3 is 5.97 Å². The number of hydrogen-bond acceptors (Lipinski definition) is 3. The van der Waals surface area contributed by atoms with Gasteiger partial charge in [-0.25, -0.2) is 4.79 Å². The SMILES string of the molecule is CCOC(=O)/C=C/CNCc1ccc(C)cc1. The molecule has 0 bridgehead atoms. The molecule has 3 heteroatoms. The van der Waals surface area contributed by atoms with Gasteiger partial charge < -0.3 is 10.1 Å². The maximum atomic E-state index is 11.0. The predicted molar refractivity (Wildman–Crippen MR) is 68.7 cm³/mol. The first-order chi connectivity index (χ1) is 8.22. The number of carbonyl (C=O) groups excluding carboxylic acids is 1. The van der Waals surface area contributed by atoms with Gasteiger partial charge in [-0.3, -0.25) is 0 Å². The highest BCUT2D eigenvalue weighted by Crippen LogP contribution is 2.02. The van der Waals surface area contributed by atoms with Gasteiger partial charge in [-0.05, 0) is 19.4 Å². The van der Waals surface area contributed by atoms with Crippen LogP contribution < -0.4 is 5.32 Å². The van der Waals surface area contributed by atoms with Crippen LogP contribution in [0.2, 0.25) is 0 Å². The first-order valence-corrected chi connectivity index (χ1v) is 5.82. The quantitative estimate of drug-likeness (QED) is 0.465. The molecule has 0 aliphatic rings. The summed E-state index contributed by atoms with van der Waals surface area (Å²) in [4.78, 5) is 11.0. The summed E-state index contributed by atoms with van der Waals surface area (Å²) in [6, 6.07) is 8.37. The molecular formula is C14H19NO2. The lowest BCUT2D eigenvalue weighted by atomic mass is 10.1. The molecule has 92 valence electrons. The zero-order valence-corrected chi connectivity index (χ0v) is 10.4. The van der Waals surface area contributed by atoms with Crippen LogP contribution in [0.4, 0.5) is 0 Å². The molecule has 0 unspecified atom stereocenters. The van der Waals surface area contributed by atoms with E-state index in [1.807, 2.05) is 0 Å². The number of rotatable bonds is 6. The van der Waals surface area contributed by atoms with Crippen molar-refractivity contribution in [1.82, 2.24) is 5.32 Å². The first kappa shape index (κ1) is 13.5. The molecule has 0 heterocycles. The van der Waals surface area contributed by atoms with E-state index < -0.39 is 0 Å². The van der Waals surface area contributed by atoms with E-state index in [-0.39, 0.29) is 5.97 Å². The average Bonchev–Trinajstić information content (AvgIpc) is 2.31. The number of hydrogen-bond donors (Lipinski definition) is 1. The van der Waals surface area contributed by atoms with Crippen LogP contribution >= 0.6 is 0 Å². The number of benzene rings is 1. The smallest absolute Gasteiger partial charge is 0.330 e. The number of nitrogens with one attached hydrogen (secondary N) is 1. The molecule has 1 rings (SSSR count). The van der Waals surface area contributed by atoms with Crippen molar-refractivity contribution in [2.75, 3.05) is 13.2 Å². The van der Waals surface area contributed by atoms with E-state index in [1.165, 1.54) is 17.2 Å². The second-order valence-corrected chi connectivity index (χ2v) is 3.77. The van der Waals surface area contributed by atoms with Crippen LogP contribution in [0.5, 0.6) is 0 Å². The minimum Gasteiger partial charge on any atom is -0.463 e. The van der Waals surface area contributed by atoms with E-state index in [1.54, 1.807) is 13.0 Å². The summed E-state index contributed by atoms with van der Waals surface area (Å²) in [7, 11) is 0. The molecule has 0 spiro atoms. The Morgan fingerprint density at radius 1 is 1.35 bits per heavy atom. The molecule has 0 atom stereocenters. The molecule has 1 N–H and O–H groups in total. The third kappa shape index (κ3) is 5.88. The van der Waals surface area contributed by atoms with Crippen molar-refractivity contribution >= 4 is 5.97 Å².